The molecule has 94 valence electrons. The molecule has 0 aliphatic rings. The maximum atomic E-state index is 11.8. The molecule has 1 N–H and O–H groups in total. The van der Waals surface area contributed by atoms with E-state index in [1.807, 2.05) is 20.2 Å². The number of aryl methyl sites for hydroxylation is 2. The minimum Gasteiger partial charge on any atom is -0.346 e. The number of nitrogens with zero attached hydrogens (tertiary/aromatic N) is 3. The van der Waals surface area contributed by atoms with Crippen LogP contribution in [0.15, 0.2) is 29.0 Å². The quantitative estimate of drug-likeness (QED) is 0.941. The van der Waals surface area contributed by atoms with Gasteiger partial charge in [-0.3, -0.25) is 9.48 Å². The Balaban J connectivity index is 2.00. The van der Waals surface area contributed by atoms with Crippen molar-refractivity contribution in [1.82, 2.24) is 20.1 Å². The van der Waals surface area contributed by atoms with Gasteiger partial charge in [0, 0.05) is 36.0 Å². The summed E-state index contributed by atoms with van der Waals surface area (Å²) in [5.41, 5.74) is 2.32. The second-order valence-electron chi connectivity index (χ2n) is 3.96. The van der Waals surface area contributed by atoms with Crippen LogP contribution in [0.4, 0.5) is 0 Å². The molecule has 0 aromatic carbocycles. The molecule has 0 aliphatic heterocycles. The number of carbonyl (C=O) groups excluding carboxylic acids is 1. The van der Waals surface area contributed by atoms with E-state index in [0.29, 0.717) is 12.2 Å². The second kappa shape index (κ2) is 5.30. The molecule has 2 aromatic rings. The lowest BCUT2D eigenvalue weighted by molar-refractivity contribution is 0.0946. The van der Waals surface area contributed by atoms with E-state index in [9.17, 15) is 4.79 Å². The van der Waals surface area contributed by atoms with Crippen molar-refractivity contribution in [1.29, 1.82) is 0 Å². The third kappa shape index (κ3) is 2.95. The highest BCUT2D eigenvalue weighted by molar-refractivity contribution is 9.10. The lowest BCUT2D eigenvalue weighted by Gasteiger charge is -2.03. The number of carbonyl (C=O) groups is 1. The Hall–Kier alpha value is -1.69. The van der Waals surface area contributed by atoms with Gasteiger partial charge < -0.3 is 5.32 Å². The highest BCUT2D eigenvalue weighted by Gasteiger charge is 2.08. The number of hydrogen-bond acceptors (Lipinski definition) is 3. The fourth-order valence-electron chi connectivity index (χ4n) is 1.60. The van der Waals surface area contributed by atoms with Gasteiger partial charge in [-0.15, -0.1) is 0 Å². The first-order chi connectivity index (χ1) is 8.56. The summed E-state index contributed by atoms with van der Waals surface area (Å²) in [6.45, 7) is 2.37. The third-order valence-corrected chi connectivity index (χ3v) is 2.98. The van der Waals surface area contributed by atoms with Crippen molar-refractivity contribution in [2.45, 2.75) is 13.5 Å². The van der Waals surface area contributed by atoms with Crippen molar-refractivity contribution >= 4 is 21.8 Å². The first-order valence-electron chi connectivity index (χ1n) is 5.45. The Bertz CT molecular complexity index is 562. The van der Waals surface area contributed by atoms with Crippen LogP contribution >= 0.6 is 15.9 Å². The van der Waals surface area contributed by atoms with Gasteiger partial charge >= 0.3 is 0 Å². The van der Waals surface area contributed by atoms with Crippen LogP contribution in [0, 0.1) is 6.92 Å². The van der Waals surface area contributed by atoms with Crippen molar-refractivity contribution in [2.75, 3.05) is 0 Å². The molecule has 2 aromatic heterocycles. The number of nitrogens with one attached hydrogen (secondary N) is 1. The van der Waals surface area contributed by atoms with Gasteiger partial charge in [0.25, 0.3) is 5.91 Å². The molecule has 0 bridgehead atoms. The monoisotopic (exact) mass is 308 g/mol. The maximum absolute atomic E-state index is 11.8. The van der Waals surface area contributed by atoms with Crippen molar-refractivity contribution in [3.8, 4) is 0 Å². The molecule has 0 saturated carbocycles. The molecule has 0 unspecified atom stereocenters. The summed E-state index contributed by atoms with van der Waals surface area (Å²) in [4.78, 5) is 15.9. The van der Waals surface area contributed by atoms with Crippen molar-refractivity contribution in [2.24, 2.45) is 7.05 Å². The largest absolute Gasteiger partial charge is 0.346 e. The number of halogens is 1. The van der Waals surface area contributed by atoms with Gasteiger partial charge in [-0.1, -0.05) is 0 Å². The Kier molecular flexibility index (Phi) is 3.76. The van der Waals surface area contributed by atoms with E-state index in [-0.39, 0.29) is 5.91 Å². The van der Waals surface area contributed by atoms with Crippen LogP contribution in [0.3, 0.4) is 0 Å². The highest BCUT2D eigenvalue weighted by atomic mass is 79.9. The normalized spacial score (nSPS) is 10.4. The topological polar surface area (TPSA) is 59.8 Å². The van der Waals surface area contributed by atoms with Crippen molar-refractivity contribution in [3.05, 3.63) is 46.0 Å². The molecule has 0 atom stereocenters. The minimum atomic E-state index is -0.189. The standard InChI is InChI=1S/C12H13BrN4O/c1-8-9(7-17(2)16-8)5-15-12(18)11-4-3-10(13)6-14-11/h3-4,6-7H,5H2,1-2H3,(H,15,18). The molecule has 6 heteroatoms. The predicted molar refractivity (Wildman–Crippen MR) is 71.1 cm³/mol. The van der Waals surface area contributed by atoms with Gasteiger partial charge in [-0.05, 0) is 35.0 Å². The summed E-state index contributed by atoms with van der Waals surface area (Å²) >= 11 is 3.28. The molecular formula is C12H13BrN4O. The Morgan fingerprint density at radius 2 is 2.28 bits per heavy atom. The van der Waals surface area contributed by atoms with Crippen LogP contribution < -0.4 is 5.32 Å². The molecule has 2 heterocycles. The summed E-state index contributed by atoms with van der Waals surface area (Å²) in [6.07, 6.45) is 3.49. The molecule has 1 amide bonds. The molecule has 0 saturated heterocycles. The molecule has 0 radical (unpaired) electrons. The van der Waals surface area contributed by atoms with E-state index >= 15 is 0 Å². The highest BCUT2D eigenvalue weighted by Crippen LogP contribution is 2.08. The Labute approximate surface area is 113 Å². The SMILES string of the molecule is Cc1nn(C)cc1CNC(=O)c1ccc(Br)cn1. The number of hydrogen-bond donors (Lipinski definition) is 1. The summed E-state index contributed by atoms with van der Waals surface area (Å²) in [5.74, 6) is -0.189. The van der Waals surface area contributed by atoms with Crippen molar-refractivity contribution in [3.63, 3.8) is 0 Å². The molecule has 18 heavy (non-hydrogen) atoms. The van der Waals surface area contributed by atoms with Crippen LogP contribution in [-0.4, -0.2) is 20.7 Å². The van der Waals surface area contributed by atoms with E-state index in [1.165, 1.54) is 0 Å². The average Bonchev–Trinajstić information content (AvgIpc) is 2.66. The van der Waals surface area contributed by atoms with Crippen LogP contribution in [0.1, 0.15) is 21.7 Å². The zero-order valence-corrected chi connectivity index (χ0v) is 11.7. The second-order valence-corrected chi connectivity index (χ2v) is 4.87. The molecule has 5 nitrogen and oxygen atoms in total. The Morgan fingerprint density at radius 3 is 2.83 bits per heavy atom. The number of aromatic nitrogens is 3. The Morgan fingerprint density at radius 1 is 1.50 bits per heavy atom. The van der Waals surface area contributed by atoms with E-state index in [2.05, 4.69) is 31.3 Å². The van der Waals surface area contributed by atoms with Crippen LogP contribution in [0.5, 0.6) is 0 Å². The predicted octanol–water partition coefficient (Wildman–Crippen LogP) is 1.82. The number of rotatable bonds is 3. The summed E-state index contributed by atoms with van der Waals surface area (Å²) in [7, 11) is 1.86. The van der Waals surface area contributed by atoms with E-state index in [1.54, 1.807) is 23.0 Å². The first-order valence-corrected chi connectivity index (χ1v) is 6.24. The maximum Gasteiger partial charge on any atom is 0.270 e. The fourth-order valence-corrected chi connectivity index (χ4v) is 1.83. The molecule has 0 aliphatic carbocycles. The fraction of sp³-hybridized carbons (Fsp3) is 0.250. The van der Waals surface area contributed by atoms with E-state index < -0.39 is 0 Å². The molecule has 0 fully saturated rings. The lowest BCUT2D eigenvalue weighted by atomic mass is 10.2. The van der Waals surface area contributed by atoms with Gasteiger partial charge in [0.2, 0.25) is 0 Å². The zero-order chi connectivity index (χ0) is 13.1. The van der Waals surface area contributed by atoms with E-state index in [4.69, 9.17) is 0 Å². The van der Waals surface area contributed by atoms with Crippen molar-refractivity contribution < 1.29 is 4.79 Å². The summed E-state index contributed by atoms with van der Waals surface area (Å²) < 4.78 is 2.58. The van der Waals surface area contributed by atoms with Gasteiger partial charge in [-0.2, -0.15) is 5.10 Å². The molecule has 0 spiro atoms. The summed E-state index contributed by atoms with van der Waals surface area (Å²) in [5, 5.41) is 7.04. The number of pyridine rings is 1. The molecular weight excluding hydrogens is 296 g/mol. The minimum absolute atomic E-state index is 0.189. The van der Waals surface area contributed by atoms with Gasteiger partial charge in [-0.25, -0.2) is 4.98 Å². The molecule has 2 rings (SSSR count). The smallest absolute Gasteiger partial charge is 0.270 e. The van der Waals surface area contributed by atoms with Gasteiger partial charge in [0.05, 0.1) is 5.69 Å². The van der Waals surface area contributed by atoms with Gasteiger partial charge in [0.15, 0.2) is 0 Å². The summed E-state index contributed by atoms with van der Waals surface area (Å²) in [6, 6.07) is 3.47. The zero-order valence-electron chi connectivity index (χ0n) is 10.1. The van der Waals surface area contributed by atoms with Crippen LogP contribution in [-0.2, 0) is 13.6 Å². The van der Waals surface area contributed by atoms with E-state index in [0.717, 1.165) is 15.7 Å². The number of amides is 1. The lowest BCUT2D eigenvalue weighted by Crippen LogP contribution is -2.23. The van der Waals surface area contributed by atoms with Crippen LogP contribution in [0.2, 0.25) is 0 Å². The average molecular weight is 309 g/mol. The van der Waals surface area contributed by atoms with Gasteiger partial charge in [0.1, 0.15) is 5.69 Å². The third-order valence-electron chi connectivity index (χ3n) is 2.51. The first kappa shape index (κ1) is 12.8. The van der Waals surface area contributed by atoms with Crippen LogP contribution in [0.25, 0.3) is 0 Å².